The number of pyridine rings is 1. The predicted octanol–water partition coefficient (Wildman–Crippen LogP) is 2.84. The Balaban J connectivity index is 1.44. The molecule has 0 saturated carbocycles. The van der Waals surface area contributed by atoms with Gasteiger partial charge in [0.05, 0.1) is 0 Å². The van der Waals surface area contributed by atoms with Crippen LogP contribution in [-0.4, -0.2) is 32.9 Å². The fourth-order valence-corrected chi connectivity index (χ4v) is 3.02. The number of allylic oxidation sites excluding steroid dienone is 1. The van der Waals surface area contributed by atoms with Gasteiger partial charge >= 0.3 is 0 Å². The number of nitrogens with zero attached hydrogens (tertiary/aromatic N) is 3. The van der Waals surface area contributed by atoms with Crippen LogP contribution in [0.5, 0.6) is 0 Å². The lowest BCUT2D eigenvalue weighted by atomic mass is 10.0. The Kier molecular flexibility index (Phi) is 5.42. The van der Waals surface area contributed by atoms with Crippen LogP contribution in [0.1, 0.15) is 25.7 Å². The molecule has 0 radical (unpaired) electrons. The molecule has 1 unspecified atom stereocenters. The summed E-state index contributed by atoms with van der Waals surface area (Å²) in [6.45, 7) is 0. The van der Waals surface area contributed by atoms with Gasteiger partial charge in [0, 0.05) is 36.2 Å². The molecule has 23 heavy (non-hydrogen) atoms. The van der Waals surface area contributed by atoms with E-state index in [-0.39, 0.29) is 11.9 Å². The average Bonchev–Trinajstić information content (AvgIpc) is 3.05. The Morgan fingerprint density at radius 2 is 2.22 bits per heavy atom. The van der Waals surface area contributed by atoms with Crippen molar-refractivity contribution in [1.82, 2.24) is 20.5 Å². The van der Waals surface area contributed by atoms with E-state index in [9.17, 15) is 4.79 Å². The van der Waals surface area contributed by atoms with Gasteiger partial charge in [-0.15, -0.1) is 10.2 Å². The minimum absolute atomic E-state index is 0.0583. The molecule has 0 bridgehead atoms. The molecule has 1 aliphatic rings. The average molecular weight is 330 g/mol. The number of amides is 1. The molecule has 2 aromatic rings. The topological polar surface area (TPSA) is 80.9 Å². The first kappa shape index (κ1) is 15.7. The van der Waals surface area contributed by atoms with Gasteiger partial charge in [0.25, 0.3) is 5.22 Å². The molecule has 2 aromatic heterocycles. The van der Waals surface area contributed by atoms with Gasteiger partial charge in [-0.25, -0.2) is 0 Å². The lowest BCUT2D eigenvalue weighted by Gasteiger charge is -2.17. The van der Waals surface area contributed by atoms with Crippen molar-refractivity contribution in [2.24, 2.45) is 0 Å². The highest BCUT2D eigenvalue weighted by Crippen LogP contribution is 2.23. The summed E-state index contributed by atoms with van der Waals surface area (Å²) in [7, 11) is 0. The summed E-state index contributed by atoms with van der Waals surface area (Å²) in [5.41, 5.74) is 0.834. The third-order valence-electron chi connectivity index (χ3n) is 3.49. The van der Waals surface area contributed by atoms with E-state index in [1.165, 1.54) is 11.8 Å². The summed E-state index contributed by atoms with van der Waals surface area (Å²) in [6, 6.07) is 3.81. The van der Waals surface area contributed by atoms with E-state index in [1.54, 1.807) is 12.4 Å². The second-order valence-electron chi connectivity index (χ2n) is 5.24. The first-order valence-corrected chi connectivity index (χ1v) is 8.62. The lowest BCUT2D eigenvalue weighted by molar-refractivity contribution is -0.121. The smallest absolute Gasteiger partial charge is 0.276 e. The highest BCUT2D eigenvalue weighted by Gasteiger charge is 2.13. The highest BCUT2D eigenvalue weighted by molar-refractivity contribution is 7.99. The number of hydrogen-bond donors (Lipinski definition) is 1. The van der Waals surface area contributed by atoms with Crippen molar-refractivity contribution in [3.05, 3.63) is 36.7 Å². The van der Waals surface area contributed by atoms with Crippen LogP contribution in [0.2, 0.25) is 0 Å². The molecule has 0 aliphatic heterocycles. The van der Waals surface area contributed by atoms with E-state index in [4.69, 9.17) is 4.42 Å². The van der Waals surface area contributed by atoms with E-state index < -0.39 is 0 Å². The van der Waals surface area contributed by atoms with Crippen molar-refractivity contribution >= 4 is 17.7 Å². The van der Waals surface area contributed by atoms with Crippen LogP contribution in [0.15, 0.2) is 46.3 Å². The van der Waals surface area contributed by atoms with Gasteiger partial charge in [-0.05, 0) is 31.4 Å². The monoisotopic (exact) mass is 330 g/mol. The minimum atomic E-state index is 0.0583. The number of aromatic nitrogens is 3. The molecule has 120 valence electrons. The van der Waals surface area contributed by atoms with Gasteiger partial charge in [-0.3, -0.25) is 9.78 Å². The molecule has 1 atom stereocenters. The van der Waals surface area contributed by atoms with Crippen LogP contribution >= 0.6 is 11.8 Å². The summed E-state index contributed by atoms with van der Waals surface area (Å²) in [5.74, 6) is 1.13. The zero-order valence-corrected chi connectivity index (χ0v) is 13.5. The lowest BCUT2D eigenvalue weighted by Crippen LogP contribution is -2.34. The van der Waals surface area contributed by atoms with E-state index in [1.807, 2.05) is 12.1 Å². The van der Waals surface area contributed by atoms with Crippen molar-refractivity contribution in [1.29, 1.82) is 0 Å². The van der Waals surface area contributed by atoms with Crippen LogP contribution in [0.4, 0.5) is 0 Å². The number of carbonyl (C=O) groups is 1. The summed E-state index contributed by atoms with van der Waals surface area (Å²) in [5, 5.41) is 11.5. The summed E-state index contributed by atoms with van der Waals surface area (Å²) < 4.78 is 5.57. The van der Waals surface area contributed by atoms with Gasteiger partial charge in [-0.2, -0.15) is 0 Å². The maximum Gasteiger partial charge on any atom is 0.276 e. The van der Waals surface area contributed by atoms with Gasteiger partial charge < -0.3 is 9.73 Å². The number of thioether (sulfide) groups is 1. The summed E-state index contributed by atoms with van der Waals surface area (Å²) in [4.78, 5) is 15.8. The standard InChI is InChI=1S/C16H18N4O2S/c21-14(18-13-4-2-1-3-5-13)8-11-23-16-20-19-15(22-16)12-6-9-17-10-7-12/h2,4,6-7,9-10,13H,1,3,5,8,11H2,(H,18,21). The highest BCUT2D eigenvalue weighted by atomic mass is 32.2. The van der Waals surface area contributed by atoms with Gasteiger partial charge in [0.1, 0.15) is 0 Å². The first-order chi connectivity index (χ1) is 11.3. The quantitative estimate of drug-likeness (QED) is 0.648. The molecule has 3 rings (SSSR count). The Morgan fingerprint density at radius 1 is 1.35 bits per heavy atom. The van der Waals surface area contributed by atoms with Crippen molar-refractivity contribution in [3.8, 4) is 11.5 Å². The molecule has 0 saturated heterocycles. The van der Waals surface area contributed by atoms with Gasteiger partial charge in [0.15, 0.2) is 0 Å². The summed E-state index contributed by atoms with van der Waals surface area (Å²) >= 11 is 1.39. The molecular formula is C16H18N4O2S. The second-order valence-corrected chi connectivity index (χ2v) is 6.29. The predicted molar refractivity (Wildman–Crippen MR) is 87.8 cm³/mol. The first-order valence-electron chi connectivity index (χ1n) is 7.64. The van der Waals surface area contributed by atoms with Crippen molar-refractivity contribution in [2.75, 3.05) is 5.75 Å². The zero-order valence-electron chi connectivity index (χ0n) is 12.6. The molecule has 1 amide bonds. The van der Waals surface area contributed by atoms with Crippen LogP contribution in [0, 0.1) is 0 Å². The van der Waals surface area contributed by atoms with Crippen molar-refractivity contribution in [3.63, 3.8) is 0 Å². The number of hydrogen-bond acceptors (Lipinski definition) is 6. The Labute approximate surface area is 138 Å². The largest absolute Gasteiger partial charge is 0.411 e. The second kappa shape index (κ2) is 7.92. The van der Waals surface area contributed by atoms with Gasteiger partial charge in [-0.1, -0.05) is 23.9 Å². The number of rotatable bonds is 6. The zero-order chi connectivity index (χ0) is 15.9. The van der Waals surface area contributed by atoms with Crippen LogP contribution < -0.4 is 5.32 Å². The molecular weight excluding hydrogens is 312 g/mol. The molecule has 2 heterocycles. The van der Waals surface area contributed by atoms with E-state index >= 15 is 0 Å². The molecule has 1 aliphatic carbocycles. The molecule has 0 fully saturated rings. The van der Waals surface area contributed by atoms with E-state index in [0.717, 1.165) is 24.8 Å². The number of carbonyl (C=O) groups excluding carboxylic acids is 1. The van der Waals surface area contributed by atoms with Crippen LogP contribution in [0.3, 0.4) is 0 Å². The number of nitrogens with one attached hydrogen (secondary N) is 1. The van der Waals surface area contributed by atoms with Crippen LogP contribution in [-0.2, 0) is 4.79 Å². The minimum Gasteiger partial charge on any atom is -0.411 e. The van der Waals surface area contributed by atoms with Crippen molar-refractivity contribution < 1.29 is 9.21 Å². The molecule has 7 heteroatoms. The summed E-state index contributed by atoms with van der Waals surface area (Å²) in [6.07, 6.45) is 11.3. The third kappa shape index (κ3) is 4.66. The van der Waals surface area contributed by atoms with E-state index in [2.05, 4.69) is 32.7 Å². The molecule has 1 N–H and O–H groups in total. The molecule has 0 spiro atoms. The Bertz CT molecular complexity index is 672. The molecule has 6 nitrogen and oxygen atoms in total. The normalized spacial score (nSPS) is 17.1. The van der Waals surface area contributed by atoms with E-state index in [0.29, 0.717) is 23.3 Å². The van der Waals surface area contributed by atoms with Crippen molar-refractivity contribution in [2.45, 2.75) is 36.9 Å². The maximum absolute atomic E-state index is 11.9. The molecule has 0 aromatic carbocycles. The SMILES string of the molecule is O=C(CCSc1nnc(-c2ccncc2)o1)NC1C=CCCC1. The fraction of sp³-hybridized carbons (Fsp3) is 0.375. The fourth-order valence-electron chi connectivity index (χ4n) is 2.32. The van der Waals surface area contributed by atoms with Crippen LogP contribution in [0.25, 0.3) is 11.5 Å². The van der Waals surface area contributed by atoms with Gasteiger partial charge in [0.2, 0.25) is 11.8 Å². The Hall–Kier alpha value is -2.15. The maximum atomic E-state index is 11.9. The Morgan fingerprint density at radius 3 is 3.00 bits per heavy atom. The third-order valence-corrected chi connectivity index (χ3v) is 4.31.